The molecule has 7 heteroatoms. The second-order valence-electron chi connectivity index (χ2n) is 4.73. The van der Waals surface area contributed by atoms with Crippen LogP contribution in [0.15, 0.2) is 11.4 Å². The Bertz CT molecular complexity index is 625. The second kappa shape index (κ2) is 6.51. The summed E-state index contributed by atoms with van der Waals surface area (Å²) in [6.45, 7) is 2.86. The maximum absolute atomic E-state index is 11.2. The van der Waals surface area contributed by atoms with Crippen molar-refractivity contribution in [3.05, 3.63) is 16.8 Å². The highest BCUT2D eigenvalue weighted by Gasteiger charge is 2.18. The second-order valence-corrected chi connectivity index (χ2v) is 6.81. The van der Waals surface area contributed by atoms with Gasteiger partial charge in [-0.2, -0.15) is 0 Å². The Morgan fingerprint density at radius 1 is 1.45 bits per heavy atom. The van der Waals surface area contributed by atoms with Gasteiger partial charge in [-0.3, -0.25) is 0 Å². The fraction of sp³-hybridized carbons (Fsp3) is 0.462. The van der Waals surface area contributed by atoms with Gasteiger partial charge in [0.1, 0.15) is 21.1 Å². The maximum Gasteiger partial charge on any atom is 0.346 e. The molecule has 1 N–H and O–H groups in total. The van der Waals surface area contributed by atoms with E-state index in [9.17, 15) is 9.90 Å². The number of hydrogen-bond acceptors (Lipinski definition) is 6. The number of carboxylic acids is 1. The molecule has 0 fully saturated rings. The van der Waals surface area contributed by atoms with Crippen molar-refractivity contribution in [2.75, 3.05) is 26.4 Å². The molecule has 5 nitrogen and oxygen atoms in total. The molecular formula is C13H17N3O2S2. The molecule has 0 aromatic carbocycles. The number of aromatic nitrogens is 2. The van der Waals surface area contributed by atoms with E-state index in [1.54, 1.807) is 11.8 Å². The molecule has 2 rings (SSSR count). The van der Waals surface area contributed by atoms with Gasteiger partial charge in [-0.05, 0) is 39.5 Å². The zero-order chi connectivity index (χ0) is 14.7. The summed E-state index contributed by atoms with van der Waals surface area (Å²) in [4.78, 5) is 22.9. The van der Waals surface area contributed by atoms with Gasteiger partial charge in [-0.25, -0.2) is 14.8 Å². The van der Waals surface area contributed by atoms with E-state index in [2.05, 4.69) is 29.0 Å². The van der Waals surface area contributed by atoms with Crippen molar-refractivity contribution >= 4 is 39.3 Å². The Hall–Kier alpha value is -1.18. The number of nitrogens with zero attached hydrogens (tertiary/aromatic N) is 3. The maximum atomic E-state index is 11.2. The first kappa shape index (κ1) is 15.2. The van der Waals surface area contributed by atoms with Crippen LogP contribution in [-0.4, -0.2) is 52.3 Å². The molecule has 2 aromatic rings. The first-order valence-corrected chi connectivity index (χ1v) is 8.06. The Morgan fingerprint density at radius 3 is 2.85 bits per heavy atom. The van der Waals surface area contributed by atoms with Gasteiger partial charge in [0.05, 0.1) is 0 Å². The zero-order valence-corrected chi connectivity index (χ0v) is 13.3. The molecule has 0 radical (unpaired) electrons. The summed E-state index contributed by atoms with van der Waals surface area (Å²) in [5.41, 5.74) is 0.771. The van der Waals surface area contributed by atoms with E-state index in [0.29, 0.717) is 4.88 Å². The van der Waals surface area contributed by atoms with Crippen molar-refractivity contribution in [1.82, 2.24) is 14.9 Å². The quantitative estimate of drug-likeness (QED) is 0.503. The van der Waals surface area contributed by atoms with Crippen LogP contribution in [0.1, 0.15) is 21.7 Å². The van der Waals surface area contributed by atoms with Gasteiger partial charge in [0.2, 0.25) is 0 Å². The third-order valence-electron chi connectivity index (χ3n) is 2.87. The van der Waals surface area contributed by atoms with E-state index in [1.165, 1.54) is 17.7 Å². The summed E-state index contributed by atoms with van der Waals surface area (Å²) >= 11 is 2.89. The minimum atomic E-state index is -0.894. The number of rotatable bonds is 6. The predicted octanol–water partition coefficient (Wildman–Crippen LogP) is 2.74. The number of carboxylic acid groups (broad SMARTS) is 1. The van der Waals surface area contributed by atoms with Crippen LogP contribution < -0.4 is 0 Å². The highest BCUT2D eigenvalue weighted by atomic mass is 32.2. The molecule has 108 valence electrons. The molecule has 0 unspecified atom stereocenters. The molecule has 0 saturated heterocycles. The Labute approximate surface area is 126 Å². The summed E-state index contributed by atoms with van der Waals surface area (Å²) in [6, 6.07) is 0. The van der Waals surface area contributed by atoms with E-state index in [0.717, 1.165) is 39.5 Å². The smallest absolute Gasteiger partial charge is 0.346 e. The van der Waals surface area contributed by atoms with E-state index in [4.69, 9.17) is 0 Å². The molecule has 2 aromatic heterocycles. The van der Waals surface area contributed by atoms with Crippen LogP contribution in [0.2, 0.25) is 0 Å². The van der Waals surface area contributed by atoms with Gasteiger partial charge in [0, 0.05) is 11.1 Å². The lowest BCUT2D eigenvalue weighted by Crippen LogP contribution is -2.13. The average molecular weight is 311 g/mol. The van der Waals surface area contributed by atoms with Crippen LogP contribution in [0.3, 0.4) is 0 Å². The fourth-order valence-corrected chi connectivity index (χ4v) is 3.94. The molecule has 0 aliphatic carbocycles. The van der Waals surface area contributed by atoms with Gasteiger partial charge < -0.3 is 10.0 Å². The number of fused-ring (bicyclic) bond motifs is 1. The minimum absolute atomic E-state index is 0.357. The topological polar surface area (TPSA) is 66.3 Å². The third kappa shape index (κ3) is 3.28. The van der Waals surface area contributed by atoms with E-state index in [1.807, 2.05) is 6.92 Å². The zero-order valence-electron chi connectivity index (χ0n) is 11.7. The van der Waals surface area contributed by atoms with Crippen LogP contribution in [0.5, 0.6) is 0 Å². The Kier molecular flexibility index (Phi) is 4.95. The summed E-state index contributed by atoms with van der Waals surface area (Å²) in [7, 11) is 4.10. The highest BCUT2D eigenvalue weighted by molar-refractivity contribution is 7.99. The van der Waals surface area contributed by atoms with Crippen molar-refractivity contribution in [3.63, 3.8) is 0 Å². The van der Waals surface area contributed by atoms with E-state index >= 15 is 0 Å². The lowest BCUT2D eigenvalue weighted by atomic mass is 10.2. The van der Waals surface area contributed by atoms with Crippen molar-refractivity contribution < 1.29 is 9.90 Å². The Balaban J connectivity index is 2.23. The number of thioether (sulfide) groups is 1. The molecule has 20 heavy (non-hydrogen) atoms. The van der Waals surface area contributed by atoms with Crippen molar-refractivity contribution in [2.45, 2.75) is 18.4 Å². The van der Waals surface area contributed by atoms with Gasteiger partial charge >= 0.3 is 5.97 Å². The SMILES string of the molecule is Cc1c(C(=O)O)sc2ncnc(SCCCN(C)C)c12. The molecule has 0 bridgehead atoms. The van der Waals surface area contributed by atoms with Crippen LogP contribution in [0.4, 0.5) is 0 Å². The largest absolute Gasteiger partial charge is 0.477 e. The first-order chi connectivity index (χ1) is 9.50. The van der Waals surface area contributed by atoms with Crippen LogP contribution in [0.25, 0.3) is 10.2 Å². The van der Waals surface area contributed by atoms with Gasteiger partial charge in [0.15, 0.2) is 0 Å². The van der Waals surface area contributed by atoms with Crippen molar-refractivity contribution in [2.24, 2.45) is 0 Å². The number of hydrogen-bond donors (Lipinski definition) is 1. The van der Waals surface area contributed by atoms with E-state index < -0.39 is 5.97 Å². The molecule has 0 aliphatic heterocycles. The average Bonchev–Trinajstić information content (AvgIpc) is 2.73. The van der Waals surface area contributed by atoms with Gasteiger partial charge in [-0.1, -0.05) is 0 Å². The minimum Gasteiger partial charge on any atom is -0.477 e. The van der Waals surface area contributed by atoms with E-state index in [-0.39, 0.29) is 0 Å². The summed E-state index contributed by atoms with van der Waals surface area (Å²) < 4.78 is 0. The predicted molar refractivity (Wildman–Crippen MR) is 83.0 cm³/mol. The summed E-state index contributed by atoms with van der Waals surface area (Å²) in [6.07, 6.45) is 2.58. The normalized spacial score (nSPS) is 11.4. The number of thiophene rings is 1. The Morgan fingerprint density at radius 2 is 2.20 bits per heavy atom. The monoisotopic (exact) mass is 311 g/mol. The summed E-state index contributed by atoms with van der Waals surface area (Å²) in [5, 5.41) is 11.0. The van der Waals surface area contributed by atoms with Gasteiger partial charge in [0.25, 0.3) is 0 Å². The molecule has 0 saturated carbocycles. The number of aromatic carboxylic acids is 1. The lowest BCUT2D eigenvalue weighted by Gasteiger charge is -2.08. The molecule has 2 heterocycles. The fourth-order valence-electron chi connectivity index (χ4n) is 1.90. The van der Waals surface area contributed by atoms with Crippen molar-refractivity contribution in [1.29, 1.82) is 0 Å². The van der Waals surface area contributed by atoms with Crippen LogP contribution in [-0.2, 0) is 0 Å². The molecule has 0 spiro atoms. The lowest BCUT2D eigenvalue weighted by molar-refractivity contribution is 0.0701. The number of carbonyl (C=O) groups is 1. The standard InChI is InChI=1S/C13H17N3O2S2/c1-8-9-11(19-6-4-5-16(2)3)14-7-15-12(9)20-10(8)13(17)18/h7H,4-6H2,1-3H3,(H,17,18). The van der Waals surface area contributed by atoms with Crippen LogP contribution in [0, 0.1) is 6.92 Å². The molecular weight excluding hydrogens is 294 g/mol. The molecule has 0 amide bonds. The summed E-state index contributed by atoms with van der Waals surface area (Å²) in [5.74, 6) is 0.0659. The molecule has 0 atom stereocenters. The number of aryl methyl sites for hydroxylation is 1. The first-order valence-electron chi connectivity index (χ1n) is 6.25. The van der Waals surface area contributed by atoms with Crippen molar-refractivity contribution in [3.8, 4) is 0 Å². The van der Waals surface area contributed by atoms with Crippen LogP contribution >= 0.6 is 23.1 Å². The third-order valence-corrected chi connectivity index (χ3v) is 5.14. The highest BCUT2D eigenvalue weighted by Crippen LogP contribution is 2.35. The van der Waals surface area contributed by atoms with Gasteiger partial charge in [-0.15, -0.1) is 23.1 Å². The molecule has 0 aliphatic rings.